The zero-order valence-corrected chi connectivity index (χ0v) is 10.4. The number of hydrogen-bond acceptors (Lipinski definition) is 5. The zero-order valence-electron chi connectivity index (χ0n) is 9.62. The second kappa shape index (κ2) is 5.96. The molecule has 0 spiro atoms. The zero-order chi connectivity index (χ0) is 14.6. The summed E-state index contributed by atoms with van der Waals surface area (Å²) in [6.07, 6.45) is -4.13. The number of aromatic nitrogens is 1. The van der Waals surface area contributed by atoms with Crippen LogP contribution in [0.25, 0.3) is 0 Å². The maximum atomic E-state index is 12.2. The van der Waals surface area contributed by atoms with Gasteiger partial charge in [-0.15, -0.1) is 24.8 Å². The van der Waals surface area contributed by atoms with Gasteiger partial charge < -0.3 is 14.6 Å². The van der Waals surface area contributed by atoms with E-state index < -0.39 is 29.5 Å². The molecule has 0 aliphatic carbocycles. The van der Waals surface area contributed by atoms with Crippen LogP contribution < -0.4 is 4.74 Å². The molecule has 1 aromatic heterocycles. The fraction of sp³-hybridized carbons (Fsp3) is 0.400. The van der Waals surface area contributed by atoms with Crippen LogP contribution in [-0.2, 0) is 10.6 Å². The summed E-state index contributed by atoms with van der Waals surface area (Å²) in [6.45, 7) is 1.47. The van der Waals surface area contributed by atoms with Gasteiger partial charge in [0.2, 0.25) is 0 Å². The molecule has 0 aliphatic rings. The number of pyridine rings is 1. The number of aromatic hydroxyl groups is 1. The van der Waals surface area contributed by atoms with Crippen molar-refractivity contribution in [2.45, 2.75) is 19.2 Å². The van der Waals surface area contributed by atoms with E-state index in [2.05, 4.69) is 14.5 Å². The Kier molecular flexibility index (Phi) is 4.82. The molecule has 0 aromatic carbocycles. The normalized spacial score (nSPS) is 11.2. The highest BCUT2D eigenvalue weighted by Crippen LogP contribution is 2.37. The summed E-state index contributed by atoms with van der Waals surface area (Å²) in [6, 6.07) is 0. The summed E-state index contributed by atoms with van der Waals surface area (Å²) >= 11 is 5.41. The van der Waals surface area contributed by atoms with E-state index in [-0.39, 0.29) is 18.1 Å². The lowest BCUT2D eigenvalue weighted by molar-refractivity contribution is -0.275. The van der Waals surface area contributed by atoms with Gasteiger partial charge in [-0.25, -0.2) is 9.78 Å². The number of nitrogens with zero attached hydrogens (tertiary/aromatic N) is 1. The molecule has 0 atom stereocenters. The Balaban J connectivity index is 3.25. The minimum absolute atomic E-state index is 0.0212. The van der Waals surface area contributed by atoms with E-state index in [1.807, 2.05) is 0 Å². The second-order valence-corrected chi connectivity index (χ2v) is 3.48. The molecule has 0 amide bonds. The molecule has 0 radical (unpaired) electrons. The molecular weight excluding hydrogens is 291 g/mol. The van der Waals surface area contributed by atoms with Crippen molar-refractivity contribution in [3.05, 3.63) is 17.5 Å². The van der Waals surface area contributed by atoms with Crippen molar-refractivity contribution in [2.75, 3.05) is 6.61 Å². The number of carbonyl (C=O) groups excluding carboxylic acids is 1. The lowest BCUT2D eigenvalue weighted by Crippen LogP contribution is -2.19. The molecule has 0 unspecified atom stereocenters. The van der Waals surface area contributed by atoms with E-state index in [1.165, 1.54) is 6.92 Å². The fourth-order valence-corrected chi connectivity index (χ4v) is 1.39. The maximum Gasteiger partial charge on any atom is 0.573 e. The minimum atomic E-state index is -5.04. The standard InChI is InChI=1S/C10H9ClF3NO4/c1-2-18-9(17)6-7(16)8(19-10(12,13)14)5(3-11)4-15-6/h4,16H,2-3H2,1H3. The van der Waals surface area contributed by atoms with Crippen LogP contribution in [0.4, 0.5) is 13.2 Å². The monoisotopic (exact) mass is 299 g/mol. The van der Waals surface area contributed by atoms with Crippen molar-refractivity contribution in [1.82, 2.24) is 4.98 Å². The van der Waals surface area contributed by atoms with E-state index in [9.17, 15) is 23.1 Å². The maximum absolute atomic E-state index is 12.2. The average molecular weight is 300 g/mol. The Hall–Kier alpha value is -1.70. The van der Waals surface area contributed by atoms with Crippen LogP contribution in [-0.4, -0.2) is 29.0 Å². The molecule has 1 heterocycles. The summed E-state index contributed by atoms with van der Waals surface area (Å²) in [5.74, 6) is -3.46. The molecular formula is C10H9ClF3NO4. The van der Waals surface area contributed by atoms with Gasteiger partial charge in [-0.2, -0.15) is 0 Å². The van der Waals surface area contributed by atoms with Gasteiger partial charge in [0.05, 0.1) is 12.5 Å². The van der Waals surface area contributed by atoms with Gasteiger partial charge in [-0.05, 0) is 6.92 Å². The third kappa shape index (κ3) is 3.88. The quantitative estimate of drug-likeness (QED) is 0.683. The topological polar surface area (TPSA) is 68.7 Å². The van der Waals surface area contributed by atoms with Crippen LogP contribution in [0, 0.1) is 0 Å². The first kappa shape index (κ1) is 15.4. The van der Waals surface area contributed by atoms with Crippen LogP contribution >= 0.6 is 11.6 Å². The Morgan fingerprint density at radius 1 is 1.53 bits per heavy atom. The Bertz CT molecular complexity index is 479. The highest BCUT2D eigenvalue weighted by atomic mass is 35.5. The van der Waals surface area contributed by atoms with Crippen molar-refractivity contribution in [2.24, 2.45) is 0 Å². The van der Waals surface area contributed by atoms with Gasteiger partial charge in [0, 0.05) is 11.8 Å². The fourth-order valence-electron chi connectivity index (χ4n) is 1.20. The number of alkyl halides is 4. The van der Waals surface area contributed by atoms with Crippen molar-refractivity contribution in [3.63, 3.8) is 0 Å². The van der Waals surface area contributed by atoms with Crippen LogP contribution in [0.15, 0.2) is 6.20 Å². The summed E-state index contributed by atoms with van der Waals surface area (Å²) < 4.78 is 44.8. The molecule has 0 fully saturated rings. The van der Waals surface area contributed by atoms with E-state index in [1.54, 1.807) is 0 Å². The average Bonchev–Trinajstić information content (AvgIpc) is 2.30. The summed E-state index contributed by atoms with van der Waals surface area (Å²) in [4.78, 5) is 14.9. The second-order valence-electron chi connectivity index (χ2n) is 3.21. The Morgan fingerprint density at radius 3 is 2.63 bits per heavy atom. The lowest BCUT2D eigenvalue weighted by atomic mass is 10.2. The Morgan fingerprint density at radius 2 is 2.16 bits per heavy atom. The molecule has 5 nitrogen and oxygen atoms in total. The lowest BCUT2D eigenvalue weighted by Gasteiger charge is -2.14. The van der Waals surface area contributed by atoms with E-state index >= 15 is 0 Å². The minimum Gasteiger partial charge on any atom is -0.503 e. The van der Waals surface area contributed by atoms with E-state index in [0.29, 0.717) is 0 Å². The molecule has 0 saturated carbocycles. The third-order valence-corrected chi connectivity index (χ3v) is 2.20. The summed E-state index contributed by atoms with van der Waals surface area (Å²) in [5, 5.41) is 9.61. The molecule has 106 valence electrons. The molecule has 1 N–H and O–H groups in total. The molecule has 0 bridgehead atoms. The Labute approximate surface area is 110 Å². The number of rotatable bonds is 4. The first-order valence-corrected chi connectivity index (χ1v) is 5.53. The number of esters is 1. The van der Waals surface area contributed by atoms with E-state index in [4.69, 9.17) is 11.6 Å². The van der Waals surface area contributed by atoms with Gasteiger partial charge in [0.25, 0.3) is 0 Å². The smallest absolute Gasteiger partial charge is 0.503 e. The summed E-state index contributed by atoms with van der Waals surface area (Å²) in [5.41, 5.74) is -0.875. The SMILES string of the molecule is CCOC(=O)c1ncc(CCl)c(OC(F)(F)F)c1O. The molecule has 0 saturated heterocycles. The van der Waals surface area contributed by atoms with E-state index in [0.717, 1.165) is 6.20 Å². The number of carbonyl (C=O) groups is 1. The van der Waals surface area contributed by atoms with Gasteiger partial charge in [-0.1, -0.05) is 0 Å². The number of ether oxygens (including phenoxy) is 2. The van der Waals surface area contributed by atoms with Gasteiger partial charge in [-0.3, -0.25) is 0 Å². The first-order chi connectivity index (χ1) is 8.80. The van der Waals surface area contributed by atoms with Crippen LogP contribution in [0.3, 0.4) is 0 Å². The molecule has 9 heteroatoms. The highest BCUT2D eigenvalue weighted by molar-refractivity contribution is 6.17. The largest absolute Gasteiger partial charge is 0.573 e. The highest BCUT2D eigenvalue weighted by Gasteiger charge is 2.35. The van der Waals surface area contributed by atoms with Crippen LogP contribution in [0.1, 0.15) is 23.0 Å². The van der Waals surface area contributed by atoms with Crippen LogP contribution in [0.2, 0.25) is 0 Å². The van der Waals surface area contributed by atoms with Crippen molar-refractivity contribution in [3.8, 4) is 11.5 Å². The third-order valence-electron chi connectivity index (χ3n) is 1.91. The van der Waals surface area contributed by atoms with Gasteiger partial charge in [0.15, 0.2) is 17.2 Å². The van der Waals surface area contributed by atoms with Gasteiger partial charge >= 0.3 is 12.3 Å². The first-order valence-electron chi connectivity index (χ1n) is 4.99. The van der Waals surface area contributed by atoms with Crippen molar-refractivity contribution < 1.29 is 32.5 Å². The molecule has 0 aliphatic heterocycles. The molecule has 1 aromatic rings. The van der Waals surface area contributed by atoms with Crippen molar-refractivity contribution >= 4 is 17.6 Å². The number of halogens is 4. The van der Waals surface area contributed by atoms with Crippen LogP contribution in [0.5, 0.6) is 11.5 Å². The summed E-state index contributed by atoms with van der Waals surface area (Å²) in [7, 11) is 0. The predicted octanol–water partition coefficient (Wildman–Crippen LogP) is 2.60. The molecule has 1 rings (SSSR count). The van der Waals surface area contributed by atoms with Crippen molar-refractivity contribution in [1.29, 1.82) is 0 Å². The molecule has 19 heavy (non-hydrogen) atoms. The predicted molar refractivity (Wildman–Crippen MR) is 58.1 cm³/mol. The van der Waals surface area contributed by atoms with Gasteiger partial charge in [0.1, 0.15) is 0 Å². The number of hydrogen-bond donors (Lipinski definition) is 1.